The molecule has 4 heterocycles. The third-order valence-electron chi connectivity index (χ3n) is 5.47. The van der Waals surface area contributed by atoms with Crippen molar-refractivity contribution >= 4 is 11.3 Å². The van der Waals surface area contributed by atoms with Crippen molar-refractivity contribution in [2.75, 3.05) is 38.3 Å². The molecule has 0 spiro atoms. The van der Waals surface area contributed by atoms with Crippen LogP contribution in [0, 0.1) is 11.3 Å². The van der Waals surface area contributed by atoms with Gasteiger partial charge in [0.25, 0.3) is 0 Å². The lowest BCUT2D eigenvalue weighted by Crippen LogP contribution is -2.67. The number of rotatable bonds is 4. The summed E-state index contributed by atoms with van der Waals surface area (Å²) < 4.78 is 21.9. The number of nitrogens with zero attached hydrogens (tertiary/aromatic N) is 6. The molecule has 4 rings (SSSR count). The van der Waals surface area contributed by atoms with E-state index in [0.29, 0.717) is 45.0 Å². The SMILES string of the molecule is CN(c1ncnn2cccc12)[C@H]1CN(C2(CC#N)COC2)CC[C@H]1F. The number of aromatic nitrogens is 3. The topological polar surface area (TPSA) is 69.7 Å². The van der Waals surface area contributed by atoms with E-state index in [4.69, 9.17) is 10.00 Å². The second-order valence-electron chi connectivity index (χ2n) is 6.90. The number of piperidine rings is 1. The van der Waals surface area contributed by atoms with Crippen molar-refractivity contribution in [3.8, 4) is 6.07 Å². The average molecular weight is 344 g/mol. The Morgan fingerprint density at radius 2 is 2.36 bits per heavy atom. The summed E-state index contributed by atoms with van der Waals surface area (Å²) in [6.07, 6.45) is 3.26. The first-order valence-electron chi connectivity index (χ1n) is 8.50. The van der Waals surface area contributed by atoms with Gasteiger partial charge in [-0.1, -0.05) is 0 Å². The van der Waals surface area contributed by atoms with Crippen LogP contribution >= 0.6 is 0 Å². The maximum absolute atomic E-state index is 14.8. The summed E-state index contributed by atoms with van der Waals surface area (Å²) in [6, 6.07) is 5.77. The molecule has 25 heavy (non-hydrogen) atoms. The zero-order valence-electron chi connectivity index (χ0n) is 14.2. The van der Waals surface area contributed by atoms with Crippen LogP contribution in [0.15, 0.2) is 24.7 Å². The Morgan fingerprint density at radius 1 is 1.52 bits per heavy atom. The Hall–Kier alpha value is -2.24. The Bertz CT molecular complexity index is 798. The molecule has 0 N–H and O–H groups in total. The zero-order valence-corrected chi connectivity index (χ0v) is 14.2. The molecule has 2 aromatic rings. The number of likely N-dealkylation sites (N-methyl/N-ethyl adjacent to an activating group) is 1. The predicted octanol–water partition coefficient (Wildman–Crippen LogP) is 1.26. The van der Waals surface area contributed by atoms with Gasteiger partial charge in [0.2, 0.25) is 0 Å². The molecule has 0 aliphatic carbocycles. The first kappa shape index (κ1) is 16.2. The molecule has 2 aromatic heterocycles. The smallest absolute Gasteiger partial charge is 0.156 e. The van der Waals surface area contributed by atoms with Gasteiger partial charge in [0.05, 0.1) is 37.3 Å². The molecule has 2 aliphatic rings. The summed E-state index contributed by atoms with van der Waals surface area (Å²) in [5, 5.41) is 13.3. The van der Waals surface area contributed by atoms with Crippen molar-refractivity contribution in [2.45, 2.75) is 30.6 Å². The van der Waals surface area contributed by atoms with Gasteiger partial charge in [0, 0.05) is 26.3 Å². The van der Waals surface area contributed by atoms with Crippen LogP contribution in [0.3, 0.4) is 0 Å². The second kappa shape index (κ2) is 6.24. The lowest BCUT2D eigenvalue weighted by molar-refractivity contribution is -0.148. The van der Waals surface area contributed by atoms with Crippen molar-refractivity contribution in [1.82, 2.24) is 19.5 Å². The number of nitriles is 1. The monoisotopic (exact) mass is 344 g/mol. The van der Waals surface area contributed by atoms with E-state index in [9.17, 15) is 4.39 Å². The quantitative estimate of drug-likeness (QED) is 0.832. The first-order chi connectivity index (χ1) is 12.1. The minimum Gasteiger partial charge on any atom is -0.377 e. The summed E-state index contributed by atoms with van der Waals surface area (Å²) in [6.45, 7) is 2.30. The molecule has 0 radical (unpaired) electrons. The molecule has 2 aliphatic heterocycles. The third-order valence-corrected chi connectivity index (χ3v) is 5.47. The molecular formula is C17H21FN6O. The molecule has 2 saturated heterocycles. The van der Waals surface area contributed by atoms with Crippen LogP contribution in [-0.4, -0.2) is 70.6 Å². The number of anilines is 1. The minimum atomic E-state index is -0.939. The van der Waals surface area contributed by atoms with Gasteiger partial charge >= 0.3 is 0 Å². The van der Waals surface area contributed by atoms with Crippen molar-refractivity contribution in [3.63, 3.8) is 0 Å². The van der Waals surface area contributed by atoms with E-state index < -0.39 is 6.17 Å². The van der Waals surface area contributed by atoms with Crippen molar-refractivity contribution in [1.29, 1.82) is 5.26 Å². The summed E-state index contributed by atoms with van der Waals surface area (Å²) in [7, 11) is 1.88. The molecule has 0 unspecified atom stereocenters. The van der Waals surface area contributed by atoms with Crippen LogP contribution in [0.4, 0.5) is 10.2 Å². The largest absolute Gasteiger partial charge is 0.377 e. The Balaban J connectivity index is 1.60. The number of alkyl halides is 1. The molecule has 0 amide bonds. The van der Waals surface area contributed by atoms with Crippen molar-refractivity contribution in [3.05, 3.63) is 24.7 Å². The number of halogens is 1. The van der Waals surface area contributed by atoms with Crippen LogP contribution in [0.2, 0.25) is 0 Å². The van der Waals surface area contributed by atoms with E-state index in [1.807, 2.05) is 30.3 Å². The fourth-order valence-electron chi connectivity index (χ4n) is 3.86. The van der Waals surface area contributed by atoms with Crippen LogP contribution in [0.1, 0.15) is 12.8 Å². The maximum Gasteiger partial charge on any atom is 0.156 e. The number of ether oxygens (including phenoxy) is 1. The Labute approximate surface area is 145 Å². The molecule has 132 valence electrons. The van der Waals surface area contributed by atoms with Crippen molar-refractivity contribution < 1.29 is 9.13 Å². The highest BCUT2D eigenvalue weighted by Crippen LogP contribution is 2.34. The second-order valence-corrected chi connectivity index (χ2v) is 6.90. The van der Waals surface area contributed by atoms with Crippen LogP contribution in [0.5, 0.6) is 0 Å². The summed E-state index contributed by atoms with van der Waals surface area (Å²) >= 11 is 0. The van der Waals surface area contributed by atoms with E-state index in [2.05, 4.69) is 21.1 Å². The maximum atomic E-state index is 14.8. The normalized spacial score (nSPS) is 26.1. The first-order valence-corrected chi connectivity index (χ1v) is 8.50. The molecule has 2 fully saturated rings. The van der Waals surface area contributed by atoms with E-state index in [1.165, 1.54) is 6.33 Å². The van der Waals surface area contributed by atoms with Gasteiger partial charge in [0.1, 0.15) is 18.0 Å². The van der Waals surface area contributed by atoms with Crippen molar-refractivity contribution in [2.24, 2.45) is 0 Å². The lowest BCUT2D eigenvalue weighted by atomic mass is 9.87. The Morgan fingerprint density at radius 3 is 3.08 bits per heavy atom. The average Bonchev–Trinajstić information content (AvgIpc) is 3.07. The molecular weight excluding hydrogens is 323 g/mol. The van der Waals surface area contributed by atoms with Crippen LogP contribution in [0.25, 0.3) is 5.52 Å². The standard InChI is InChI=1S/C17H21FN6O/c1-22(16-14-3-2-7-24(14)21-12-20-16)15-9-23(8-4-13(15)18)17(5-6-19)10-25-11-17/h2-3,7,12-13,15H,4-5,8-11H2,1H3/t13-,15+/m1/s1. The van der Waals surface area contributed by atoms with E-state index in [1.54, 1.807) is 4.52 Å². The number of likely N-dealkylation sites (tertiary alicyclic amines) is 1. The van der Waals surface area contributed by atoms with Gasteiger partial charge in [-0.15, -0.1) is 0 Å². The fourth-order valence-corrected chi connectivity index (χ4v) is 3.86. The highest BCUT2D eigenvalue weighted by molar-refractivity contribution is 5.68. The molecule has 0 aromatic carbocycles. The van der Waals surface area contributed by atoms with Crippen LogP contribution in [-0.2, 0) is 4.74 Å². The molecule has 2 atom stereocenters. The predicted molar refractivity (Wildman–Crippen MR) is 90.0 cm³/mol. The van der Waals surface area contributed by atoms with Gasteiger partial charge in [0.15, 0.2) is 5.82 Å². The minimum absolute atomic E-state index is 0.260. The summed E-state index contributed by atoms with van der Waals surface area (Å²) in [4.78, 5) is 8.52. The molecule has 8 heteroatoms. The highest BCUT2D eigenvalue weighted by atomic mass is 19.1. The summed E-state index contributed by atoms with van der Waals surface area (Å²) in [5.74, 6) is 0.716. The van der Waals surface area contributed by atoms with E-state index >= 15 is 0 Å². The lowest BCUT2D eigenvalue weighted by Gasteiger charge is -2.52. The number of fused-ring (bicyclic) bond motifs is 1. The Kier molecular flexibility index (Phi) is 4.06. The van der Waals surface area contributed by atoms with E-state index in [0.717, 1.165) is 5.52 Å². The van der Waals surface area contributed by atoms with Gasteiger partial charge in [-0.25, -0.2) is 13.9 Å². The summed E-state index contributed by atoms with van der Waals surface area (Å²) in [5.41, 5.74) is 0.595. The molecule has 0 saturated carbocycles. The van der Waals surface area contributed by atoms with Gasteiger partial charge in [-0.2, -0.15) is 10.4 Å². The van der Waals surface area contributed by atoms with E-state index in [-0.39, 0.29) is 11.6 Å². The fraction of sp³-hybridized carbons (Fsp3) is 0.588. The zero-order chi connectivity index (χ0) is 17.4. The number of hydrogen-bond donors (Lipinski definition) is 0. The third kappa shape index (κ3) is 2.64. The van der Waals surface area contributed by atoms with Gasteiger partial charge < -0.3 is 9.64 Å². The van der Waals surface area contributed by atoms with Crippen LogP contribution < -0.4 is 4.90 Å². The molecule has 7 nitrogen and oxygen atoms in total. The molecule has 0 bridgehead atoms. The number of hydrogen-bond acceptors (Lipinski definition) is 6. The highest BCUT2D eigenvalue weighted by Gasteiger charge is 2.48. The van der Waals surface area contributed by atoms with Gasteiger partial charge in [-0.3, -0.25) is 4.90 Å². The van der Waals surface area contributed by atoms with Gasteiger partial charge in [-0.05, 0) is 18.6 Å².